The summed E-state index contributed by atoms with van der Waals surface area (Å²) < 4.78 is 4.66. The number of fused-ring (bicyclic) bond motifs is 9. The molecule has 0 saturated heterocycles. The van der Waals surface area contributed by atoms with E-state index in [9.17, 15) is 0 Å². The second-order valence-corrected chi connectivity index (χ2v) is 15.2. The third-order valence-corrected chi connectivity index (χ3v) is 11.8. The van der Waals surface area contributed by atoms with Crippen LogP contribution in [0.25, 0.3) is 111 Å². The summed E-state index contributed by atoms with van der Waals surface area (Å²) in [6.07, 6.45) is 0. The summed E-state index contributed by atoms with van der Waals surface area (Å²) in [4.78, 5) is 15.7. The summed E-state index contributed by atoms with van der Waals surface area (Å²) in [6.45, 7) is 0. The van der Waals surface area contributed by atoms with Gasteiger partial charge < -0.3 is 4.57 Å². The van der Waals surface area contributed by atoms with Gasteiger partial charge in [-0.15, -0.1) is 0 Å². The number of hydrogen-bond acceptors (Lipinski definition) is 3. The molecule has 9 aromatic carbocycles. The lowest BCUT2D eigenvalue weighted by Gasteiger charge is -2.12. The molecular weight excluding hydrogens is 731 g/mol. The fraction of sp³-hybridized carbons (Fsp3) is 0. The number of benzene rings is 9. The quantitative estimate of drug-likeness (QED) is 0.169. The molecule has 60 heavy (non-hydrogen) atoms. The van der Waals surface area contributed by atoms with Gasteiger partial charge in [0, 0.05) is 38.4 Å². The zero-order valence-corrected chi connectivity index (χ0v) is 32.4. The zero-order valence-electron chi connectivity index (χ0n) is 32.4. The predicted octanol–water partition coefficient (Wildman–Crippen LogP) is 13.9. The largest absolute Gasteiger partial charge is 0.309 e. The SMILES string of the molecule is c1ccc(-c2ccc(-c3nc(-c4ccccc4)nc(-n4c5ccc6ccccc6c5c5c6c7ccccc7n(-c7cccc(-c8ccccc8)c7)c6ccc54)n3)cc2)cc1. The van der Waals surface area contributed by atoms with Crippen LogP contribution in [0.2, 0.25) is 0 Å². The van der Waals surface area contributed by atoms with Crippen LogP contribution in [0.1, 0.15) is 0 Å². The van der Waals surface area contributed by atoms with Crippen molar-refractivity contribution in [2.75, 3.05) is 0 Å². The van der Waals surface area contributed by atoms with Crippen molar-refractivity contribution >= 4 is 54.4 Å². The van der Waals surface area contributed by atoms with E-state index >= 15 is 0 Å². The number of hydrogen-bond donors (Lipinski definition) is 0. The Bertz CT molecular complexity index is 3570. The smallest absolute Gasteiger partial charge is 0.238 e. The molecule has 12 aromatic rings. The molecule has 0 spiro atoms. The second kappa shape index (κ2) is 13.8. The van der Waals surface area contributed by atoms with Crippen LogP contribution in [0.5, 0.6) is 0 Å². The molecule has 0 aliphatic heterocycles. The van der Waals surface area contributed by atoms with Crippen molar-refractivity contribution in [1.29, 1.82) is 0 Å². The fourth-order valence-corrected chi connectivity index (χ4v) is 9.03. The highest BCUT2D eigenvalue weighted by molar-refractivity contribution is 6.33. The number of aromatic nitrogens is 5. The minimum absolute atomic E-state index is 0.569. The summed E-state index contributed by atoms with van der Waals surface area (Å²) >= 11 is 0. The van der Waals surface area contributed by atoms with Crippen molar-refractivity contribution < 1.29 is 0 Å². The molecule has 0 aliphatic carbocycles. The summed E-state index contributed by atoms with van der Waals surface area (Å²) in [5.74, 6) is 1.81. The normalized spacial score (nSPS) is 11.7. The highest BCUT2D eigenvalue weighted by atomic mass is 15.2. The third kappa shape index (κ3) is 5.44. The molecule has 0 radical (unpaired) electrons. The maximum Gasteiger partial charge on any atom is 0.238 e. The van der Waals surface area contributed by atoms with E-state index in [1.165, 1.54) is 49.0 Å². The fourth-order valence-electron chi connectivity index (χ4n) is 9.03. The molecule has 3 aromatic heterocycles. The zero-order chi connectivity index (χ0) is 39.6. The number of nitrogens with zero attached hydrogens (tertiary/aromatic N) is 5. The van der Waals surface area contributed by atoms with E-state index in [1.807, 2.05) is 24.3 Å². The highest BCUT2D eigenvalue weighted by Crippen LogP contribution is 2.44. The summed E-state index contributed by atoms with van der Waals surface area (Å²) in [5.41, 5.74) is 12.0. The van der Waals surface area contributed by atoms with Crippen LogP contribution < -0.4 is 0 Å². The Morgan fingerprint density at radius 1 is 0.283 bits per heavy atom. The lowest BCUT2D eigenvalue weighted by Crippen LogP contribution is -2.06. The summed E-state index contributed by atoms with van der Waals surface area (Å²) in [5, 5.41) is 7.09. The Morgan fingerprint density at radius 3 is 1.48 bits per heavy atom. The molecule has 0 atom stereocenters. The maximum atomic E-state index is 5.32. The molecule has 280 valence electrons. The van der Waals surface area contributed by atoms with Gasteiger partial charge in [-0.05, 0) is 69.4 Å². The summed E-state index contributed by atoms with van der Waals surface area (Å²) in [7, 11) is 0. The van der Waals surface area contributed by atoms with E-state index in [-0.39, 0.29) is 0 Å². The van der Waals surface area contributed by atoms with Crippen LogP contribution in [0.15, 0.2) is 212 Å². The molecule has 3 heterocycles. The number of para-hydroxylation sites is 1. The van der Waals surface area contributed by atoms with Crippen LogP contribution >= 0.6 is 0 Å². The maximum absolute atomic E-state index is 5.32. The Hall–Kier alpha value is -8.15. The second-order valence-electron chi connectivity index (χ2n) is 15.2. The Balaban J connectivity index is 1.15. The first kappa shape index (κ1) is 33.9. The monoisotopic (exact) mass is 765 g/mol. The first-order valence-electron chi connectivity index (χ1n) is 20.3. The van der Waals surface area contributed by atoms with Crippen molar-refractivity contribution in [2.24, 2.45) is 0 Å². The van der Waals surface area contributed by atoms with Gasteiger partial charge in [0.15, 0.2) is 11.6 Å². The molecule has 0 unspecified atom stereocenters. The van der Waals surface area contributed by atoms with Gasteiger partial charge in [-0.2, -0.15) is 9.97 Å². The predicted molar refractivity (Wildman–Crippen MR) is 248 cm³/mol. The molecule has 0 saturated carbocycles. The minimum atomic E-state index is 0.569. The van der Waals surface area contributed by atoms with Crippen molar-refractivity contribution in [3.05, 3.63) is 212 Å². The van der Waals surface area contributed by atoms with Gasteiger partial charge >= 0.3 is 0 Å². The Labute approximate surface area is 346 Å². The van der Waals surface area contributed by atoms with Gasteiger partial charge in [0.25, 0.3) is 0 Å². The third-order valence-electron chi connectivity index (χ3n) is 11.8. The minimum Gasteiger partial charge on any atom is -0.309 e. The van der Waals surface area contributed by atoms with Crippen LogP contribution in [-0.2, 0) is 0 Å². The van der Waals surface area contributed by atoms with E-state index in [2.05, 4.69) is 197 Å². The van der Waals surface area contributed by atoms with E-state index in [4.69, 9.17) is 15.0 Å². The van der Waals surface area contributed by atoms with Gasteiger partial charge in [0.05, 0.1) is 22.1 Å². The van der Waals surface area contributed by atoms with Crippen LogP contribution in [0, 0.1) is 0 Å². The highest BCUT2D eigenvalue weighted by Gasteiger charge is 2.24. The van der Waals surface area contributed by atoms with E-state index in [0.29, 0.717) is 17.6 Å². The van der Waals surface area contributed by atoms with Gasteiger partial charge in [0.2, 0.25) is 5.95 Å². The molecule has 0 N–H and O–H groups in total. The van der Waals surface area contributed by atoms with E-state index in [0.717, 1.165) is 44.4 Å². The average Bonchev–Trinajstić information content (AvgIpc) is 3.86. The first-order chi connectivity index (χ1) is 29.8. The van der Waals surface area contributed by atoms with Crippen molar-refractivity contribution in [3.63, 3.8) is 0 Å². The van der Waals surface area contributed by atoms with E-state index in [1.54, 1.807) is 0 Å². The van der Waals surface area contributed by atoms with Gasteiger partial charge in [-0.3, -0.25) is 4.57 Å². The molecule has 0 amide bonds. The van der Waals surface area contributed by atoms with Gasteiger partial charge in [-0.1, -0.05) is 176 Å². The van der Waals surface area contributed by atoms with Crippen LogP contribution in [0.3, 0.4) is 0 Å². The van der Waals surface area contributed by atoms with Crippen LogP contribution in [-0.4, -0.2) is 24.1 Å². The molecular formula is C55H35N5. The summed E-state index contributed by atoms with van der Waals surface area (Å²) in [6, 6.07) is 75.1. The molecule has 0 aliphatic rings. The molecule has 5 nitrogen and oxygen atoms in total. The molecule has 0 fully saturated rings. The topological polar surface area (TPSA) is 48.5 Å². The Kier molecular flexibility index (Phi) is 7.78. The average molecular weight is 766 g/mol. The van der Waals surface area contributed by atoms with E-state index < -0.39 is 0 Å². The van der Waals surface area contributed by atoms with Crippen LogP contribution in [0.4, 0.5) is 0 Å². The lowest BCUT2D eigenvalue weighted by molar-refractivity contribution is 0.954. The van der Waals surface area contributed by atoms with Gasteiger partial charge in [0.1, 0.15) is 0 Å². The number of rotatable bonds is 6. The molecule has 0 bridgehead atoms. The molecule has 5 heteroatoms. The molecule has 12 rings (SSSR count). The lowest BCUT2D eigenvalue weighted by atomic mass is 10.0. The van der Waals surface area contributed by atoms with Crippen molar-refractivity contribution in [3.8, 4) is 56.7 Å². The van der Waals surface area contributed by atoms with Gasteiger partial charge in [-0.25, -0.2) is 4.98 Å². The van der Waals surface area contributed by atoms with Crippen molar-refractivity contribution in [2.45, 2.75) is 0 Å². The standard InChI is InChI=1S/C55H35N5/c1-4-15-36(16-5-1)38-27-29-41(30-28-38)54-56-53(40-20-8-3-9-21-40)57-55(58-54)60-48-32-31-39-19-10-11-24-44(39)50(48)52-49(60)34-33-47-51(52)45-25-12-13-26-46(45)59(47)43-23-14-22-42(35-43)37-17-6-2-7-18-37/h1-35H. The van der Waals surface area contributed by atoms with Crippen molar-refractivity contribution in [1.82, 2.24) is 24.1 Å². The first-order valence-corrected chi connectivity index (χ1v) is 20.3. The Morgan fingerprint density at radius 2 is 0.767 bits per heavy atom.